The van der Waals surface area contributed by atoms with Gasteiger partial charge < -0.3 is 0 Å². The maximum Gasteiger partial charge on any atom is 0.213 e. The van der Waals surface area contributed by atoms with E-state index in [4.69, 9.17) is 0 Å². The van der Waals surface area contributed by atoms with Gasteiger partial charge in [0.05, 0.1) is 0 Å². The van der Waals surface area contributed by atoms with Crippen molar-refractivity contribution in [1.82, 2.24) is 0 Å². The zero-order valence-corrected chi connectivity index (χ0v) is 16.4. The number of hydrogen-bond acceptors (Lipinski definition) is 0. The number of aromatic nitrogens is 1. The first-order valence-corrected chi connectivity index (χ1v) is 10.3. The third-order valence-electron chi connectivity index (χ3n) is 4.52. The Labute approximate surface area is 153 Å². The van der Waals surface area contributed by atoms with Crippen LogP contribution in [-0.4, -0.2) is 6.16 Å². The summed E-state index contributed by atoms with van der Waals surface area (Å²) in [7, 11) is 0.764. The summed E-state index contributed by atoms with van der Waals surface area (Å²) in [5, 5.41) is 0. The number of rotatable bonds is 6. The van der Waals surface area contributed by atoms with Crippen LogP contribution in [0.5, 0.6) is 0 Å². The average molecular weight is 348 g/mol. The lowest BCUT2D eigenvalue weighted by atomic mass is 9.97. The molecule has 0 saturated carbocycles. The largest absolute Gasteiger partial charge is 0.213 e. The summed E-state index contributed by atoms with van der Waals surface area (Å²) in [4.78, 5) is 0. The van der Waals surface area contributed by atoms with Crippen LogP contribution in [0.3, 0.4) is 0 Å². The Kier molecular flexibility index (Phi) is 6.00. The van der Waals surface area contributed by atoms with Crippen molar-refractivity contribution >= 4 is 8.73 Å². The van der Waals surface area contributed by atoms with E-state index in [1.54, 1.807) is 0 Å². The molecule has 2 heteroatoms. The Morgan fingerprint density at radius 3 is 2.32 bits per heavy atom. The third kappa shape index (κ3) is 3.99. The molecular weight excluding hydrogens is 321 g/mol. The van der Waals surface area contributed by atoms with Gasteiger partial charge >= 0.3 is 0 Å². The minimum Gasteiger partial charge on any atom is -0.185 e. The fraction of sp³-hybridized carbons (Fsp3) is 0.261. The molecule has 0 aliphatic rings. The van der Waals surface area contributed by atoms with Gasteiger partial charge in [0.1, 0.15) is 0 Å². The highest BCUT2D eigenvalue weighted by Gasteiger charge is 2.19. The zero-order chi connectivity index (χ0) is 17.6. The summed E-state index contributed by atoms with van der Waals surface area (Å²) in [5.41, 5.74) is 8.15. The van der Waals surface area contributed by atoms with E-state index in [-0.39, 0.29) is 0 Å². The second-order valence-corrected chi connectivity index (χ2v) is 7.92. The Hall–Kier alpha value is -1.98. The van der Waals surface area contributed by atoms with Gasteiger partial charge in [-0.3, -0.25) is 0 Å². The SMILES string of the molecule is CCCc1ccccc1-c1cc(C)c(-c2ccccc2)c[n+]1PCC. The van der Waals surface area contributed by atoms with E-state index in [1.807, 2.05) is 0 Å². The highest BCUT2D eigenvalue weighted by Crippen LogP contribution is 2.29. The molecule has 1 heterocycles. The van der Waals surface area contributed by atoms with Gasteiger partial charge in [-0.2, -0.15) is 4.34 Å². The molecule has 0 spiro atoms. The standard InChI is InChI=1S/C23H27NP/c1-4-11-19-14-9-10-15-21(19)23-16-18(3)22(17-24(23)25-5-2)20-12-7-6-8-13-20/h6-10,12-17,25H,4-5,11H2,1-3H3/q+1. The predicted molar refractivity (Wildman–Crippen MR) is 110 cm³/mol. The molecule has 0 bridgehead atoms. The molecule has 0 aliphatic carbocycles. The number of pyridine rings is 1. The zero-order valence-electron chi connectivity index (χ0n) is 15.4. The van der Waals surface area contributed by atoms with E-state index in [1.165, 1.54) is 39.9 Å². The Morgan fingerprint density at radius 1 is 0.880 bits per heavy atom. The van der Waals surface area contributed by atoms with E-state index in [2.05, 4.69) is 92.0 Å². The topological polar surface area (TPSA) is 3.88 Å². The minimum absolute atomic E-state index is 0.764. The summed E-state index contributed by atoms with van der Waals surface area (Å²) >= 11 is 0. The Morgan fingerprint density at radius 2 is 1.60 bits per heavy atom. The molecule has 0 radical (unpaired) electrons. The van der Waals surface area contributed by atoms with Crippen molar-refractivity contribution in [2.45, 2.75) is 33.6 Å². The van der Waals surface area contributed by atoms with E-state index in [0.717, 1.165) is 21.3 Å². The van der Waals surface area contributed by atoms with Crippen molar-refractivity contribution in [1.29, 1.82) is 0 Å². The first-order chi connectivity index (χ1) is 12.2. The Balaban J connectivity index is 2.16. The first-order valence-electron chi connectivity index (χ1n) is 9.18. The molecular formula is C23H27NP+. The van der Waals surface area contributed by atoms with Crippen molar-refractivity contribution in [2.75, 3.05) is 6.16 Å². The fourth-order valence-electron chi connectivity index (χ4n) is 3.34. The molecule has 0 N–H and O–H groups in total. The van der Waals surface area contributed by atoms with Crippen molar-refractivity contribution in [3.63, 3.8) is 0 Å². The monoisotopic (exact) mass is 348 g/mol. The lowest BCUT2D eigenvalue weighted by Crippen LogP contribution is -2.27. The first kappa shape index (κ1) is 17.8. The van der Waals surface area contributed by atoms with Crippen LogP contribution in [0.25, 0.3) is 22.4 Å². The molecule has 2 aromatic carbocycles. The van der Waals surface area contributed by atoms with Crippen LogP contribution >= 0.6 is 8.73 Å². The van der Waals surface area contributed by atoms with Crippen molar-refractivity contribution < 1.29 is 4.34 Å². The van der Waals surface area contributed by atoms with Crippen LogP contribution in [0.15, 0.2) is 66.9 Å². The molecule has 128 valence electrons. The maximum absolute atomic E-state index is 2.46. The molecule has 1 unspecified atom stereocenters. The molecule has 0 aliphatic heterocycles. The van der Waals surface area contributed by atoms with E-state index < -0.39 is 0 Å². The summed E-state index contributed by atoms with van der Waals surface area (Å²) in [6.45, 7) is 6.74. The minimum atomic E-state index is 0.764. The van der Waals surface area contributed by atoms with Gasteiger partial charge in [0, 0.05) is 23.4 Å². The molecule has 0 fully saturated rings. The quantitative estimate of drug-likeness (QED) is 0.479. The summed E-state index contributed by atoms with van der Waals surface area (Å²) in [6, 6.07) is 22.0. The summed E-state index contributed by atoms with van der Waals surface area (Å²) in [5.74, 6) is 0. The molecule has 25 heavy (non-hydrogen) atoms. The smallest absolute Gasteiger partial charge is 0.185 e. The number of nitrogens with zero attached hydrogens (tertiary/aromatic N) is 1. The molecule has 1 nitrogen and oxygen atoms in total. The molecule has 0 amide bonds. The second-order valence-electron chi connectivity index (χ2n) is 6.41. The average Bonchev–Trinajstić information content (AvgIpc) is 2.65. The van der Waals surface area contributed by atoms with Gasteiger partial charge in [-0.25, -0.2) is 0 Å². The highest BCUT2D eigenvalue weighted by molar-refractivity contribution is 7.30. The molecule has 3 rings (SSSR count). The Bertz CT molecular complexity index is 840. The lowest BCUT2D eigenvalue weighted by molar-refractivity contribution is -0.492. The van der Waals surface area contributed by atoms with Gasteiger partial charge in [-0.15, -0.1) is 0 Å². The summed E-state index contributed by atoms with van der Waals surface area (Å²) < 4.78 is 2.46. The highest BCUT2D eigenvalue weighted by atomic mass is 31.1. The van der Waals surface area contributed by atoms with Gasteiger partial charge in [0.25, 0.3) is 0 Å². The van der Waals surface area contributed by atoms with Crippen LogP contribution in [0.1, 0.15) is 31.4 Å². The van der Waals surface area contributed by atoms with Crippen LogP contribution in [0.4, 0.5) is 0 Å². The fourth-order valence-corrected chi connectivity index (χ4v) is 4.26. The van der Waals surface area contributed by atoms with Gasteiger partial charge in [0.15, 0.2) is 14.9 Å². The number of benzene rings is 2. The van der Waals surface area contributed by atoms with E-state index in [0.29, 0.717) is 0 Å². The number of aryl methyl sites for hydroxylation is 2. The third-order valence-corrected chi connectivity index (χ3v) is 5.55. The van der Waals surface area contributed by atoms with Crippen molar-refractivity contribution in [2.24, 2.45) is 0 Å². The molecule has 1 atom stereocenters. The van der Waals surface area contributed by atoms with Crippen LogP contribution in [-0.2, 0) is 6.42 Å². The van der Waals surface area contributed by atoms with Crippen LogP contribution in [0, 0.1) is 6.92 Å². The van der Waals surface area contributed by atoms with Crippen LogP contribution in [0.2, 0.25) is 0 Å². The lowest BCUT2D eigenvalue weighted by Gasteiger charge is -2.12. The number of hydrogen-bond donors (Lipinski definition) is 0. The van der Waals surface area contributed by atoms with Gasteiger partial charge in [-0.1, -0.05) is 68.8 Å². The normalized spacial score (nSPS) is 11.3. The second kappa shape index (κ2) is 8.41. The van der Waals surface area contributed by atoms with Gasteiger partial charge in [-0.05, 0) is 36.1 Å². The molecule has 1 aromatic heterocycles. The predicted octanol–water partition coefficient (Wildman–Crippen LogP) is 6.03. The van der Waals surface area contributed by atoms with Crippen molar-refractivity contribution in [3.05, 3.63) is 78.0 Å². The maximum atomic E-state index is 2.46. The van der Waals surface area contributed by atoms with Gasteiger partial charge in [0.2, 0.25) is 5.69 Å². The molecule has 3 aromatic rings. The molecule has 0 saturated heterocycles. The summed E-state index contributed by atoms with van der Waals surface area (Å²) in [6.07, 6.45) is 5.81. The van der Waals surface area contributed by atoms with E-state index in [9.17, 15) is 0 Å². The van der Waals surface area contributed by atoms with Crippen molar-refractivity contribution in [3.8, 4) is 22.4 Å². The van der Waals surface area contributed by atoms with E-state index >= 15 is 0 Å². The van der Waals surface area contributed by atoms with Crippen LogP contribution < -0.4 is 4.34 Å².